The second-order valence-corrected chi connectivity index (χ2v) is 4.82. The largest absolute Gasteiger partial charge is 0.352 e. The Labute approximate surface area is 107 Å². The van der Waals surface area contributed by atoms with Gasteiger partial charge in [0.05, 0.1) is 6.42 Å². The molecule has 0 bridgehead atoms. The van der Waals surface area contributed by atoms with E-state index < -0.39 is 0 Å². The van der Waals surface area contributed by atoms with E-state index in [0.717, 1.165) is 17.7 Å². The van der Waals surface area contributed by atoms with Crippen molar-refractivity contribution in [2.45, 2.75) is 26.7 Å². The molecular formula is C14H18N2O2. The maximum absolute atomic E-state index is 11.9. The van der Waals surface area contributed by atoms with Gasteiger partial charge >= 0.3 is 0 Å². The van der Waals surface area contributed by atoms with Crippen molar-refractivity contribution in [2.75, 3.05) is 11.9 Å². The zero-order chi connectivity index (χ0) is 13.1. The van der Waals surface area contributed by atoms with Crippen LogP contribution in [0.2, 0.25) is 0 Å². The smallest absolute Gasteiger partial charge is 0.251 e. The van der Waals surface area contributed by atoms with Gasteiger partial charge in [0.1, 0.15) is 0 Å². The van der Waals surface area contributed by atoms with Crippen molar-refractivity contribution < 1.29 is 9.59 Å². The fourth-order valence-electron chi connectivity index (χ4n) is 1.87. The fourth-order valence-corrected chi connectivity index (χ4v) is 1.87. The van der Waals surface area contributed by atoms with E-state index in [9.17, 15) is 9.59 Å². The van der Waals surface area contributed by atoms with Crippen molar-refractivity contribution in [1.29, 1.82) is 0 Å². The van der Waals surface area contributed by atoms with Crippen LogP contribution in [0.4, 0.5) is 5.69 Å². The minimum atomic E-state index is -0.0840. The number of benzene rings is 1. The summed E-state index contributed by atoms with van der Waals surface area (Å²) in [5, 5.41) is 5.65. The normalized spacial score (nSPS) is 14.9. The molecule has 1 aromatic carbocycles. The third-order valence-electron chi connectivity index (χ3n) is 3.31. The number of fused-ring (bicyclic) bond motifs is 1. The lowest BCUT2D eigenvalue weighted by Crippen LogP contribution is -2.28. The Bertz CT molecular complexity index is 483. The summed E-state index contributed by atoms with van der Waals surface area (Å²) in [6, 6.07) is 5.35. The van der Waals surface area contributed by atoms with Crippen LogP contribution < -0.4 is 10.6 Å². The lowest BCUT2D eigenvalue weighted by molar-refractivity contribution is -0.115. The fraction of sp³-hybridized carbons (Fsp3) is 0.429. The SMILES string of the molecule is CCC(C)CNC(=O)c1ccc2c(c1)NC(=O)C2. The summed E-state index contributed by atoms with van der Waals surface area (Å²) >= 11 is 0. The van der Waals surface area contributed by atoms with E-state index in [-0.39, 0.29) is 11.8 Å². The van der Waals surface area contributed by atoms with E-state index in [0.29, 0.717) is 24.4 Å². The summed E-state index contributed by atoms with van der Waals surface area (Å²) < 4.78 is 0. The monoisotopic (exact) mass is 246 g/mol. The highest BCUT2D eigenvalue weighted by molar-refractivity contribution is 6.02. The zero-order valence-electron chi connectivity index (χ0n) is 10.7. The quantitative estimate of drug-likeness (QED) is 0.853. The first kappa shape index (κ1) is 12.6. The lowest BCUT2D eigenvalue weighted by Gasteiger charge is -2.10. The van der Waals surface area contributed by atoms with E-state index in [1.165, 1.54) is 0 Å². The number of hydrogen-bond donors (Lipinski definition) is 2. The average molecular weight is 246 g/mol. The third kappa shape index (κ3) is 2.70. The standard InChI is InChI=1S/C14H18N2O2/c1-3-9(2)8-15-14(18)11-5-4-10-7-13(17)16-12(10)6-11/h4-6,9H,3,7-8H2,1-2H3,(H,15,18)(H,16,17). The molecule has 0 radical (unpaired) electrons. The van der Waals surface area contributed by atoms with Gasteiger partial charge in [0, 0.05) is 17.8 Å². The highest BCUT2D eigenvalue weighted by Gasteiger charge is 2.19. The molecule has 18 heavy (non-hydrogen) atoms. The number of rotatable bonds is 4. The molecule has 2 rings (SSSR count). The van der Waals surface area contributed by atoms with Crippen LogP contribution in [0.5, 0.6) is 0 Å². The molecule has 1 aliphatic heterocycles. The van der Waals surface area contributed by atoms with Gasteiger partial charge in [0.15, 0.2) is 0 Å². The van der Waals surface area contributed by atoms with Crippen LogP contribution in [0.1, 0.15) is 36.2 Å². The van der Waals surface area contributed by atoms with Crippen molar-refractivity contribution in [1.82, 2.24) is 5.32 Å². The molecular weight excluding hydrogens is 228 g/mol. The molecule has 0 saturated carbocycles. The summed E-state index contributed by atoms with van der Waals surface area (Å²) in [5.74, 6) is 0.379. The topological polar surface area (TPSA) is 58.2 Å². The Morgan fingerprint density at radius 1 is 1.50 bits per heavy atom. The van der Waals surface area contributed by atoms with Gasteiger partial charge in [-0.2, -0.15) is 0 Å². The Kier molecular flexibility index (Phi) is 3.65. The van der Waals surface area contributed by atoms with Crippen LogP contribution in [0.25, 0.3) is 0 Å². The van der Waals surface area contributed by atoms with Crippen LogP contribution in [-0.2, 0) is 11.2 Å². The Hall–Kier alpha value is -1.84. The minimum Gasteiger partial charge on any atom is -0.352 e. The number of carbonyl (C=O) groups excluding carboxylic acids is 2. The minimum absolute atomic E-state index is 0.0119. The molecule has 0 aliphatic carbocycles. The van der Waals surface area contributed by atoms with Crippen molar-refractivity contribution in [3.8, 4) is 0 Å². The van der Waals surface area contributed by atoms with Gasteiger partial charge in [-0.05, 0) is 23.6 Å². The molecule has 0 fully saturated rings. The van der Waals surface area contributed by atoms with Crippen LogP contribution >= 0.6 is 0 Å². The number of carbonyl (C=O) groups is 2. The maximum atomic E-state index is 11.9. The number of hydrogen-bond acceptors (Lipinski definition) is 2. The third-order valence-corrected chi connectivity index (χ3v) is 3.31. The lowest BCUT2D eigenvalue weighted by atomic mass is 10.1. The first-order valence-electron chi connectivity index (χ1n) is 6.31. The average Bonchev–Trinajstić information content (AvgIpc) is 2.74. The highest BCUT2D eigenvalue weighted by Crippen LogP contribution is 2.23. The highest BCUT2D eigenvalue weighted by atomic mass is 16.2. The van der Waals surface area contributed by atoms with Gasteiger partial charge in [0.25, 0.3) is 5.91 Å². The molecule has 1 unspecified atom stereocenters. The molecule has 0 aromatic heterocycles. The summed E-state index contributed by atoms with van der Waals surface area (Å²) in [6.07, 6.45) is 1.45. The number of nitrogens with one attached hydrogen (secondary N) is 2. The first-order valence-corrected chi connectivity index (χ1v) is 6.31. The van der Waals surface area contributed by atoms with Crippen LogP contribution in [0, 0.1) is 5.92 Å². The van der Waals surface area contributed by atoms with Gasteiger partial charge in [-0.3, -0.25) is 9.59 Å². The molecule has 1 atom stereocenters. The summed E-state index contributed by atoms with van der Waals surface area (Å²) in [5.41, 5.74) is 2.31. The predicted octanol–water partition coefficient (Wildman–Crippen LogP) is 1.96. The van der Waals surface area contributed by atoms with Gasteiger partial charge in [-0.15, -0.1) is 0 Å². The van der Waals surface area contributed by atoms with Gasteiger partial charge in [-0.1, -0.05) is 26.3 Å². The summed E-state index contributed by atoms with van der Waals surface area (Å²) in [7, 11) is 0. The number of anilines is 1. The molecule has 1 aromatic rings. The Morgan fingerprint density at radius 3 is 3.00 bits per heavy atom. The zero-order valence-corrected chi connectivity index (χ0v) is 10.7. The van der Waals surface area contributed by atoms with E-state index >= 15 is 0 Å². The van der Waals surface area contributed by atoms with E-state index in [1.54, 1.807) is 12.1 Å². The van der Waals surface area contributed by atoms with E-state index in [2.05, 4.69) is 24.5 Å². The molecule has 0 saturated heterocycles. The van der Waals surface area contributed by atoms with Gasteiger partial charge < -0.3 is 10.6 Å². The predicted molar refractivity (Wildman–Crippen MR) is 70.6 cm³/mol. The van der Waals surface area contributed by atoms with E-state index in [1.807, 2.05) is 6.07 Å². The molecule has 2 amide bonds. The van der Waals surface area contributed by atoms with Crippen molar-refractivity contribution in [3.63, 3.8) is 0 Å². The second-order valence-electron chi connectivity index (χ2n) is 4.82. The Balaban J connectivity index is 2.04. The first-order chi connectivity index (χ1) is 8.60. The van der Waals surface area contributed by atoms with Crippen molar-refractivity contribution >= 4 is 17.5 Å². The molecule has 2 N–H and O–H groups in total. The van der Waals surface area contributed by atoms with Crippen molar-refractivity contribution in [2.24, 2.45) is 5.92 Å². The molecule has 4 nitrogen and oxygen atoms in total. The van der Waals surface area contributed by atoms with Gasteiger partial charge in [0.2, 0.25) is 5.91 Å². The molecule has 96 valence electrons. The Morgan fingerprint density at radius 2 is 2.28 bits per heavy atom. The molecule has 0 spiro atoms. The molecule has 4 heteroatoms. The van der Waals surface area contributed by atoms with Crippen molar-refractivity contribution in [3.05, 3.63) is 29.3 Å². The van der Waals surface area contributed by atoms with Crippen LogP contribution in [-0.4, -0.2) is 18.4 Å². The summed E-state index contributed by atoms with van der Waals surface area (Å²) in [4.78, 5) is 23.1. The second kappa shape index (κ2) is 5.21. The molecule has 1 aliphatic rings. The van der Waals surface area contributed by atoms with Crippen LogP contribution in [0.3, 0.4) is 0 Å². The number of amides is 2. The van der Waals surface area contributed by atoms with Gasteiger partial charge in [-0.25, -0.2) is 0 Å². The van der Waals surface area contributed by atoms with Crippen LogP contribution in [0.15, 0.2) is 18.2 Å². The molecule has 1 heterocycles. The maximum Gasteiger partial charge on any atom is 0.251 e. The van der Waals surface area contributed by atoms with E-state index in [4.69, 9.17) is 0 Å². The summed E-state index contributed by atoms with van der Waals surface area (Å²) in [6.45, 7) is 4.88.